The fourth-order valence-electron chi connectivity index (χ4n) is 2.04. The molecule has 0 unspecified atom stereocenters. The summed E-state index contributed by atoms with van der Waals surface area (Å²) in [6.07, 6.45) is 1.43. The van der Waals surface area contributed by atoms with Gasteiger partial charge >= 0.3 is 0 Å². The number of ether oxygens (including phenoxy) is 3. The maximum atomic E-state index is 12.2. The Balaban J connectivity index is 2.15. The highest BCUT2D eigenvalue weighted by Crippen LogP contribution is 2.34. The first-order chi connectivity index (χ1) is 12.0. The molecule has 0 aliphatic rings. The minimum atomic E-state index is -0.430. The SMILES string of the molecule is COc1ccc(C(=O)N/N=C/c2cc(Br)c(O)c(OC)c2)c(OC)c1. The zero-order valence-electron chi connectivity index (χ0n) is 13.9. The number of halogens is 1. The number of nitrogens with one attached hydrogen (secondary N) is 1. The molecule has 0 aliphatic heterocycles. The van der Waals surface area contributed by atoms with Gasteiger partial charge in [-0.05, 0) is 45.8 Å². The van der Waals surface area contributed by atoms with Gasteiger partial charge in [-0.2, -0.15) is 5.10 Å². The first-order valence-corrected chi connectivity index (χ1v) is 7.91. The van der Waals surface area contributed by atoms with Crippen molar-refractivity contribution in [3.8, 4) is 23.0 Å². The molecule has 0 bridgehead atoms. The Bertz CT molecular complexity index is 808. The Morgan fingerprint density at radius 2 is 1.84 bits per heavy atom. The lowest BCUT2D eigenvalue weighted by atomic mass is 10.2. The molecule has 2 rings (SSSR count). The van der Waals surface area contributed by atoms with Crippen LogP contribution in [0, 0.1) is 0 Å². The lowest BCUT2D eigenvalue weighted by Crippen LogP contribution is -2.18. The van der Waals surface area contributed by atoms with E-state index in [1.165, 1.54) is 27.5 Å². The first-order valence-electron chi connectivity index (χ1n) is 7.12. The van der Waals surface area contributed by atoms with Gasteiger partial charge < -0.3 is 19.3 Å². The molecule has 2 N–H and O–H groups in total. The van der Waals surface area contributed by atoms with E-state index >= 15 is 0 Å². The molecule has 0 saturated carbocycles. The lowest BCUT2D eigenvalue weighted by Gasteiger charge is -2.09. The molecule has 0 saturated heterocycles. The molecule has 2 aromatic rings. The number of methoxy groups -OCH3 is 3. The summed E-state index contributed by atoms with van der Waals surface area (Å²) in [6, 6.07) is 8.08. The third-order valence-corrected chi connectivity index (χ3v) is 3.91. The maximum absolute atomic E-state index is 12.2. The van der Waals surface area contributed by atoms with Crippen LogP contribution in [0.1, 0.15) is 15.9 Å². The molecule has 1 amide bonds. The molecule has 25 heavy (non-hydrogen) atoms. The molecular weight excluding hydrogens is 392 g/mol. The van der Waals surface area contributed by atoms with Gasteiger partial charge in [-0.25, -0.2) is 5.43 Å². The first kappa shape index (κ1) is 18.6. The van der Waals surface area contributed by atoms with Gasteiger partial charge in [-0.3, -0.25) is 4.79 Å². The van der Waals surface area contributed by atoms with Crippen LogP contribution in [0.25, 0.3) is 0 Å². The number of carbonyl (C=O) groups excluding carboxylic acids is 1. The summed E-state index contributed by atoms with van der Waals surface area (Å²) in [6.45, 7) is 0. The monoisotopic (exact) mass is 408 g/mol. The summed E-state index contributed by atoms with van der Waals surface area (Å²) in [5.41, 5.74) is 3.37. The van der Waals surface area contributed by atoms with Crippen LogP contribution >= 0.6 is 15.9 Å². The number of benzene rings is 2. The maximum Gasteiger partial charge on any atom is 0.275 e. The average molecular weight is 409 g/mol. The van der Waals surface area contributed by atoms with Gasteiger partial charge in [0.2, 0.25) is 0 Å². The highest BCUT2D eigenvalue weighted by molar-refractivity contribution is 9.10. The molecule has 0 aromatic heterocycles. The number of phenolic OH excluding ortho intramolecular Hbond substituents is 1. The fraction of sp³-hybridized carbons (Fsp3) is 0.176. The van der Waals surface area contributed by atoms with Crippen LogP contribution in [0.2, 0.25) is 0 Å². The van der Waals surface area contributed by atoms with Crippen molar-refractivity contribution >= 4 is 28.1 Å². The number of rotatable bonds is 6. The van der Waals surface area contributed by atoms with Gasteiger partial charge in [0, 0.05) is 6.07 Å². The smallest absolute Gasteiger partial charge is 0.275 e. The second-order valence-electron chi connectivity index (χ2n) is 4.82. The van der Waals surface area contributed by atoms with Gasteiger partial charge in [0.05, 0.1) is 37.6 Å². The van der Waals surface area contributed by atoms with Crippen molar-refractivity contribution in [1.29, 1.82) is 0 Å². The third-order valence-electron chi connectivity index (χ3n) is 3.30. The molecule has 0 heterocycles. The van der Waals surface area contributed by atoms with E-state index in [9.17, 15) is 9.90 Å². The van der Waals surface area contributed by atoms with E-state index < -0.39 is 5.91 Å². The van der Waals surface area contributed by atoms with Crippen LogP contribution in [0.4, 0.5) is 0 Å². The number of hydrogen-bond acceptors (Lipinski definition) is 6. The van der Waals surface area contributed by atoms with E-state index in [-0.39, 0.29) is 5.75 Å². The van der Waals surface area contributed by atoms with Crippen molar-refractivity contribution in [2.75, 3.05) is 21.3 Å². The Kier molecular flexibility index (Phi) is 6.24. The molecule has 0 atom stereocenters. The number of nitrogens with zero attached hydrogens (tertiary/aromatic N) is 1. The summed E-state index contributed by atoms with van der Waals surface area (Å²) in [4.78, 5) is 12.2. The lowest BCUT2D eigenvalue weighted by molar-refractivity contribution is 0.0952. The van der Waals surface area contributed by atoms with Crippen molar-refractivity contribution in [1.82, 2.24) is 5.43 Å². The Morgan fingerprint density at radius 1 is 1.12 bits per heavy atom. The molecule has 0 radical (unpaired) electrons. The normalized spacial score (nSPS) is 10.6. The number of hydrazone groups is 1. The van der Waals surface area contributed by atoms with E-state index in [1.54, 1.807) is 30.3 Å². The summed E-state index contributed by atoms with van der Waals surface area (Å²) in [5.74, 6) is 0.810. The average Bonchev–Trinajstić information content (AvgIpc) is 2.63. The summed E-state index contributed by atoms with van der Waals surface area (Å²) >= 11 is 3.22. The number of carbonyl (C=O) groups is 1. The summed E-state index contributed by atoms with van der Waals surface area (Å²) < 4.78 is 15.8. The topological polar surface area (TPSA) is 89.4 Å². The van der Waals surface area contributed by atoms with Gasteiger partial charge in [-0.15, -0.1) is 0 Å². The number of aromatic hydroxyl groups is 1. The second kappa shape index (κ2) is 8.39. The van der Waals surface area contributed by atoms with Crippen LogP contribution in [-0.4, -0.2) is 38.6 Å². The Morgan fingerprint density at radius 3 is 2.48 bits per heavy atom. The molecule has 0 fully saturated rings. The van der Waals surface area contributed by atoms with Gasteiger partial charge in [0.1, 0.15) is 11.5 Å². The standard InChI is InChI=1S/C17H17BrN2O5/c1-23-11-4-5-12(14(8-11)24-2)17(22)20-19-9-10-6-13(18)16(21)15(7-10)25-3/h4-9,21H,1-3H3,(H,20,22)/b19-9+. The second-order valence-corrected chi connectivity index (χ2v) is 5.67. The largest absolute Gasteiger partial charge is 0.503 e. The van der Waals surface area contributed by atoms with E-state index in [2.05, 4.69) is 26.5 Å². The summed E-state index contributed by atoms with van der Waals surface area (Å²) in [5, 5.41) is 13.7. The minimum Gasteiger partial charge on any atom is -0.503 e. The van der Waals surface area contributed by atoms with Crippen molar-refractivity contribution in [2.24, 2.45) is 5.10 Å². The van der Waals surface area contributed by atoms with Crippen LogP contribution in [0.3, 0.4) is 0 Å². The van der Waals surface area contributed by atoms with Crippen LogP contribution in [0.5, 0.6) is 23.0 Å². The number of amides is 1. The molecule has 2 aromatic carbocycles. The number of hydrogen-bond donors (Lipinski definition) is 2. The van der Waals surface area contributed by atoms with Crippen LogP contribution in [-0.2, 0) is 0 Å². The molecule has 132 valence electrons. The zero-order valence-corrected chi connectivity index (χ0v) is 15.5. The molecule has 0 aliphatic carbocycles. The third kappa shape index (κ3) is 4.42. The van der Waals surface area contributed by atoms with E-state index in [4.69, 9.17) is 14.2 Å². The molecule has 7 nitrogen and oxygen atoms in total. The predicted octanol–water partition coefficient (Wildman–Crippen LogP) is 2.94. The van der Waals surface area contributed by atoms with Crippen molar-refractivity contribution in [3.63, 3.8) is 0 Å². The Labute approximate surface area is 153 Å². The highest BCUT2D eigenvalue weighted by atomic mass is 79.9. The van der Waals surface area contributed by atoms with Gasteiger partial charge in [0.15, 0.2) is 11.5 Å². The quantitative estimate of drug-likeness (QED) is 0.566. The fourth-order valence-corrected chi connectivity index (χ4v) is 2.50. The highest BCUT2D eigenvalue weighted by Gasteiger charge is 2.13. The Hall–Kier alpha value is -2.74. The van der Waals surface area contributed by atoms with Gasteiger partial charge in [-0.1, -0.05) is 0 Å². The predicted molar refractivity (Wildman–Crippen MR) is 97.0 cm³/mol. The number of phenols is 1. The molecular formula is C17H17BrN2O5. The van der Waals surface area contributed by atoms with Gasteiger partial charge in [0.25, 0.3) is 5.91 Å². The summed E-state index contributed by atoms with van der Waals surface area (Å²) in [7, 11) is 4.44. The van der Waals surface area contributed by atoms with Crippen LogP contribution < -0.4 is 19.6 Å². The zero-order chi connectivity index (χ0) is 18.4. The molecule has 8 heteroatoms. The van der Waals surface area contributed by atoms with Crippen LogP contribution in [0.15, 0.2) is 39.9 Å². The van der Waals surface area contributed by atoms with Crippen molar-refractivity contribution in [3.05, 3.63) is 45.9 Å². The van der Waals surface area contributed by atoms with Crippen molar-refractivity contribution < 1.29 is 24.1 Å². The van der Waals surface area contributed by atoms with Crippen molar-refractivity contribution in [2.45, 2.75) is 0 Å². The van der Waals surface area contributed by atoms with E-state index in [0.29, 0.717) is 32.8 Å². The van der Waals surface area contributed by atoms with E-state index in [1.807, 2.05) is 0 Å². The molecule has 0 spiro atoms. The van der Waals surface area contributed by atoms with E-state index in [0.717, 1.165) is 0 Å². The minimum absolute atomic E-state index is 0.00773.